The molecular weight excluding hydrogens is 382 g/mol. The Morgan fingerprint density at radius 1 is 1.11 bits per heavy atom. The van der Waals surface area contributed by atoms with Gasteiger partial charge in [0.15, 0.2) is 11.5 Å². The van der Waals surface area contributed by atoms with Gasteiger partial charge in [0.25, 0.3) is 0 Å². The maximum atomic E-state index is 12.2. The van der Waals surface area contributed by atoms with Crippen LogP contribution in [0.15, 0.2) is 36.4 Å². The fourth-order valence-corrected chi connectivity index (χ4v) is 3.02. The molecule has 2 aromatic rings. The van der Waals surface area contributed by atoms with Crippen LogP contribution in [0.3, 0.4) is 0 Å². The first-order chi connectivity index (χ1) is 13.6. The molecule has 0 aromatic heterocycles. The van der Waals surface area contributed by atoms with Gasteiger partial charge in [-0.1, -0.05) is 11.6 Å². The molecule has 1 aliphatic rings. The third kappa shape index (κ3) is 5.10. The predicted octanol–water partition coefficient (Wildman–Crippen LogP) is 3.85. The quantitative estimate of drug-likeness (QED) is 0.742. The highest BCUT2D eigenvalue weighted by atomic mass is 35.5. The van der Waals surface area contributed by atoms with Crippen LogP contribution in [0.1, 0.15) is 17.5 Å². The third-order valence-electron chi connectivity index (χ3n) is 4.13. The average molecular weight is 404 g/mol. The van der Waals surface area contributed by atoms with E-state index in [9.17, 15) is 4.79 Å². The summed E-state index contributed by atoms with van der Waals surface area (Å²) >= 11 is 6.28. The van der Waals surface area contributed by atoms with Crippen LogP contribution in [-0.2, 0) is 11.3 Å². The minimum absolute atomic E-state index is 0.231. The van der Waals surface area contributed by atoms with Crippen molar-refractivity contribution in [2.24, 2.45) is 0 Å². The van der Waals surface area contributed by atoms with E-state index in [0.717, 1.165) is 17.5 Å². The molecule has 3 rings (SSSR count). The molecule has 1 heterocycles. The maximum absolute atomic E-state index is 12.2. The first-order valence-electron chi connectivity index (χ1n) is 8.86. The van der Waals surface area contributed by atoms with Gasteiger partial charge < -0.3 is 24.3 Å². The summed E-state index contributed by atoms with van der Waals surface area (Å²) in [5, 5.41) is 3.31. The minimum atomic E-state index is -0.231. The van der Waals surface area contributed by atoms with E-state index >= 15 is 0 Å². The Kier molecular flexibility index (Phi) is 6.66. The standard InChI is InChI=1S/C21H22ClNO5/c1-25-16-8-14(9-17(12-16)26-2)4-5-20(24)23-13-15-10-18(22)21-19(11-15)27-6-3-7-28-21/h4-5,8-12H,3,6-7,13H2,1-2H3,(H,23,24)/b5-4+. The number of rotatable bonds is 6. The van der Waals surface area contributed by atoms with E-state index in [4.69, 9.17) is 30.5 Å². The molecule has 148 valence electrons. The molecule has 0 spiro atoms. The van der Waals surface area contributed by atoms with Gasteiger partial charge in [0.2, 0.25) is 5.91 Å². The highest BCUT2D eigenvalue weighted by molar-refractivity contribution is 6.32. The molecule has 0 atom stereocenters. The first-order valence-corrected chi connectivity index (χ1v) is 9.24. The number of fused-ring (bicyclic) bond motifs is 1. The van der Waals surface area contributed by atoms with Crippen molar-refractivity contribution < 1.29 is 23.7 Å². The van der Waals surface area contributed by atoms with Crippen molar-refractivity contribution in [3.63, 3.8) is 0 Å². The van der Waals surface area contributed by atoms with Crippen LogP contribution in [0.4, 0.5) is 0 Å². The molecule has 7 heteroatoms. The summed E-state index contributed by atoms with van der Waals surface area (Å²) in [5.41, 5.74) is 1.63. The Morgan fingerprint density at radius 2 is 1.82 bits per heavy atom. The molecule has 0 radical (unpaired) electrons. The van der Waals surface area contributed by atoms with Crippen LogP contribution in [-0.4, -0.2) is 33.3 Å². The Balaban J connectivity index is 1.64. The largest absolute Gasteiger partial charge is 0.497 e. The van der Waals surface area contributed by atoms with Crippen molar-refractivity contribution in [3.05, 3.63) is 52.6 Å². The SMILES string of the molecule is COc1cc(/C=C/C(=O)NCc2cc(Cl)c3c(c2)OCCCO3)cc(OC)c1. The van der Waals surface area contributed by atoms with Gasteiger partial charge >= 0.3 is 0 Å². The van der Waals surface area contributed by atoms with Crippen molar-refractivity contribution >= 4 is 23.6 Å². The van der Waals surface area contributed by atoms with Gasteiger partial charge in [0.1, 0.15) is 11.5 Å². The van der Waals surface area contributed by atoms with E-state index < -0.39 is 0 Å². The van der Waals surface area contributed by atoms with Gasteiger partial charge in [-0.2, -0.15) is 0 Å². The smallest absolute Gasteiger partial charge is 0.244 e. The summed E-state index contributed by atoms with van der Waals surface area (Å²) < 4.78 is 21.7. The molecule has 0 saturated carbocycles. The normalized spacial score (nSPS) is 13.1. The zero-order valence-corrected chi connectivity index (χ0v) is 16.5. The Morgan fingerprint density at radius 3 is 2.54 bits per heavy atom. The number of hydrogen-bond acceptors (Lipinski definition) is 5. The number of benzene rings is 2. The minimum Gasteiger partial charge on any atom is -0.497 e. The summed E-state index contributed by atoms with van der Waals surface area (Å²) in [6.07, 6.45) is 3.96. The average Bonchev–Trinajstić information content (AvgIpc) is 2.96. The molecule has 0 saturated heterocycles. The van der Waals surface area contributed by atoms with E-state index in [2.05, 4.69) is 5.32 Å². The fourth-order valence-electron chi connectivity index (χ4n) is 2.73. The van der Waals surface area contributed by atoms with Crippen LogP contribution in [0.5, 0.6) is 23.0 Å². The Labute approximate surface area is 169 Å². The van der Waals surface area contributed by atoms with E-state index in [1.807, 2.05) is 18.2 Å². The van der Waals surface area contributed by atoms with E-state index in [1.165, 1.54) is 6.08 Å². The number of amides is 1. The van der Waals surface area contributed by atoms with Gasteiger partial charge in [-0.25, -0.2) is 0 Å². The highest BCUT2D eigenvalue weighted by Gasteiger charge is 2.15. The lowest BCUT2D eigenvalue weighted by Crippen LogP contribution is -2.20. The number of hydrogen-bond donors (Lipinski definition) is 1. The number of carbonyl (C=O) groups excluding carboxylic acids is 1. The molecule has 0 fully saturated rings. The molecule has 2 aromatic carbocycles. The predicted molar refractivity (Wildman–Crippen MR) is 107 cm³/mol. The summed E-state index contributed by atoms with van der Waals surface area (Å²) in [4.78, 5) is 12.2. The molecule has 6 nitrogen and oxygen atoms in total. The van der Waals surface area contributed by atoms with Crippen LogP contribution < -0.4 is 24.3 Å². The van der Waals surface area contributed by atoms with Gasteiger partial charge in [0.05, 0.1) is 32.5 Å². The zero-order chi connectivity index (χ0) is 19.9. The second kappa shape index (κ2) is 9.37. The van der Waals surface area contributed by atoms with Crippen molar-refractivity contribution in [1.29, 1.82) is 0 Å². The molecular formula is C21H22ClNO5. The van der Waals surface area contributed by atoms with Gasteiger partial charge in [-0.05, 0) is 41.5 Å². The lowest BCUT2D eigenvalue weighted by molar-refractivity contribution is -0.116. The molecule has 0 bridgehead atoms. The van der Waals surface area contributed by atoms with Gasteiger partial charge in [-0.15, -0.1) is 0 Å². The van der Waals surface area contributed by atoms with Crippen LogP contribution in [0.25, 0.3) is 6.08 Å². The fraction of sp³-hybridized carbons (Fsp3) is 0.286. The number of nitrogens with one attached hydrogen (secondary N) is 1. The second-order valence-corrected chi connectivity index (χ2v) is 6.56. The van der Waals surface area contributed by atoms with Crippen LogP contribution in [0.2, 0.25) is 5.02 Å². The second-order valence-electron chi connectivity index (χ2n) is 6.15. The number of carbonyl (C=O) groups is 1. The number of ether oxygens (including phenoxy) is 4. The summed E-state index contributed by atoms with van der Waals surface area (Å²) in [7, 11) is 3.16. The lowest BCUT2D eigenvalue weighted by atomic mass is 10.1. The van der Waals surface area contributed by atoms with Crippen molar-refractivity contribution in [2.75, 3.05) is 27.4 Å². The van der Waals surface area contributed by atoms with Crippen molar-refractivity contribution in [2.45, 2.75) is 13.0 Å². The summed E-state index contributed by atoms with van der Waals surface area (Å²) in [6, 6.07) is 9.01. The van der Waals surface area contributed by atoms with Crippen molar-refractivity contribution in [3.8, 4) is 23.0 Å². The van der Waals surface area contributed by atoms with Crippen molar-refractivity contribution in [1.82, 2.24) is 5.32 Å². The van der Waals surface area contributed by atoms with E-state index in [1.54, 1.807) is 32.4 Å². The molecule has 0 aliphatic carbocycles. The van der Waals surface area contributed by atoms with Crippen LogP contribution >= 0.6 is 11.6 Å². The monoisotopic (exact) mass is 403 g/mol. The Hall–Kier alpha value is -2.86. The lowest BCUT2D eigenvalue weighted by Gasteiger charge is -2.11. The first kappa shape index (κ1) is 19.9. The summed E-state index contributed by atoms with van der Waals surface area (Å²) in [5.74, 6) is 2.24. The molecule has 1 aliphatic heterocycles. The molecule has 1 N–H and O–H groups in total. The molecule has 0 unspecified atom stereocenters. The van der Waals surface area contributed by atoms with Crippen LogP contribution in [0, 0.1) is 0 Å². The van der Waals surface area contributed by atoms with E-state index in [0.29, 0.717) is 47.8 Å². The maximum Gasteiger partial charge on any atom is 0.244 e. The van der Waals surface area contributed by atoms with E-state index in [-0.39, 0.29) is 5.91 Å². The van der Waals surface area contributed by atoms with Gasteiger partial charge in [-0.3, -0.25) is 4.79 Å². The zero-order valence-electron chi connectivity index (χ0n) is 15.8. The number of methoxy groups -OCH3 is 2. The number of halogens is 1. The third-order valence-corrected chi connectivity index (χ3v) is 4.41. The van der Waals surface area contributed by atoms with Gasteiger partial charge in [0, 0.05) is 25.1 Å². The molecule has 1 amide bonds. The Bertz CT molecular complexity index is 859. The molecule has 28 heavy (non-hydrogen) atoms. The topological polar surface area (TPSA) is 66.0 Å². The highest BCUT2D eigenvalue weighted by Crippen LogP contribution is 2.37. The summed E-state index contributed by atoms with van der Waals surface area (Å²) in [6.45, 7) is 1.47.